The van der Waals surface area contributed by atoms with Crippen LogP contribution in [0.5, 0.6) is 0 Å². The van der Waals surface area contributed by atoms with Crippen molar-refractivity contribution in [3.63, 3.8) is 0 Å². The number of rotatable bonds is 1. The Kier molecular flexibility index (Phi) is 4.84. The van der Waals surface area contributed by atoms with Gasteiger partial charge in [0.05, 0.1) is 31.2 Å². The lowest BCUT2D eigenvalue weighted by Crippen LogP contribution is -2.83. The standard InChI is InChI=1S/C31H39NO8/c1-15-8-19-22(20(33)9-15)17(3)23(35)24-28(11-21(34)38-13-28)27(4)6-7-30-25(37-5)16(2)10-18(40-30)12-32(30)31(27)26(36)29(19,24)14-39-31/h9,16-19,22,24-25H,6-8,10-14H2,1-5H3. The van der Waals surface area contributed by atoms with E-state index in [9.17, 15) is 14.4 Å². The molecule has 40 heavy (non-hydrogen) atoms. The van der Waals surface area contributed by atoms with Crippen molar-refractivity contribution in [1.82, 2.24) is 4.90 Å². The Labute approximate surface area is 234 Å². The second kappa shape index (κ2) is 7.52. The first-order valence-corrected chi connectivity index (χ1v) is 15.0. The number of fused-ring (bicyclic) bond motifs is 4. The Bertz CT molecular complexity index is 1310. The molecular formula is C31H39NO8. The van der Waals surface area contributed by atoms with Crippen LogP contribution in [0.4, 0.5) is 0 Å². The number of piperidine rings is 1. The van der Waals surface area contributed by atoms with E-state index in [4.69, 9.17) is 18.9 Å². The van der Waals surface area contributed by atoms with E-state index in [2.05, 4.69) is 18.7 Å². The molecule has 9 heteroatoms. The zero-order chi connectivity index (χ0) is 28.2. The smallest absolute Gasteiger partial charge is 0.306 e. The fourth-order valence-corrected chi connectivity index (χ4v) is 11.7. The molecule has 9 nitrogen and oxygen atoms in total. The zero-order valence-corrected chi connectivity index (χ0v) is 24.0. The number of methoxy groups -OCH3 is 1. The number of Topliss-reactive ketones (excluding diaryl/α,β-unsaturated/α-hetero) is 2. The predicted molar refractivity (Wildman–Crippen MR) is 138 cm³/mol. The number of nitrogens with zero attached hydrogens (tertiary/aromatic N) is 1. The summed E-state index contributed by atoms with van der Waals surface area (Å²) < 4.78 is 25.7. The maximum Gasteiger partial charge on any atom is 0.306 e. The number of allylic oxidation sites excluding steroid dienone is 2. The highest BCUT2D eigenvalue weighted by Crippen LogP contribution is 2.78. The fourth-order valence-electron chi connectivity index (χ4n) is 11.7. The Balaban J connectivity index is 1.40. The van der Waals surface area contributed by atoms with Gasteiger partial charge in [0.2, 0.25) is 0 Å². The molecule has 4 spiro atoms. The third-order valence-electron chi connectivity index (χ3n) is 13.2. The van der Waals surface area contributed by atoms with Gasteiger partial charge in [-0.25, -0.2) is 4.90 Å². The minimum absolute atomic E-state index is 0.0622. The molecule has 0 radical (unpaired) electrons. The van der Waals surface area contributed by atoms with E-state index in [1.807, 2.05) is 13.8 Å². The maximum absolute atomic E-state index is 15.6. The molecule has 5 saturated heterocycles. The summed E-state index contributed by atoms with van der Waals surface area (Å²) in [6, 6.07) is 0. The van der Waals surface area contributed by atoms with Crippen molar-refractivity contribution in [2.24, 2.45) is 45.8 Å². The maximum atomic E-state index is 15.6. The van der Waals surface area contributed by atoms with Gasteiger partial charge in [-0.1, -0.05) is 26.3 Å². The largest absolute Gasteiger partial charge is 0.465 e. The molecule has 8 rings (SSSR count). The Morgan fingerprint density at radius 3 is 2.58 bits per heavy atom. The number of hydrogen-bond acceptors (Lipinski definition) is 9. The highest BCUT2D eigenvalue weighted by molar-refractivity contribution is 6.08. The second-order valence-electron chi connectivity index (χ2n) is 14.5. The van der Waals surface area contributed by atoms with Crippen molar-refractivity contribution >= 4 is 23.3 Å². The molecule has 12 unspecified atom stereocenters. The summed E-state index contributed by atoms with van der Waals surface area (Å²) in [7, 11) is 1.71. The molecule has 0 aromatic rings. The molecule has 0 N–H and O–H groups in total. The quantitative estimate of drug-likeness (QED) is 0.453. The van der Waals surface area contributed by atoms with E-state index in [1.165, 1.54) is 0 Å². The highest BCUT2D eigenvalue weighted by Gasteiger charge is 2.90. The van der Waals surface area contributed by atoms with Gasteiger partial charge in [0.15, 0.2) is 23.0 Å². The van der Waals surface area contributed by atoms with Crippen LogP contribution in [0.25, 0.3) is 0 Å². The summed E-state index contributed by atoms with van der Waals surface area (Å²) in [4.78, 5) is 58.9. The average molecular weight is 554 g/mol. The van der Waals surface area contributed by atoms with E-state index in [1.54, 1.807) is 13.2 Å². The Morgan fingerprint density at radius 2 is 1.88 bits per heavy atom. The normalized spacial score (nSPS) is 56.4. The van der Waals surface area contributed by atoms with E-state index >= 15 is 4.79 Å². The fraction of sp³-hybridized carbons (Fsp3) is 0.806. The van der Waals surface area contributed by atoms with Crippen molar-refractivity contribution in [2.75, 3.05) is 26.9 Å². The topological polar surface area (TPSA) is 108 Å². The average Bonchev–Trinajstić information content (AvgIpc) is 3.51. The van der Waals surface area contributed by atoms with Crippen LogP contribution in [0.2, 0.25) is 0 Å². The van der Waals surface area contributed by atoms with Gasteiger partial charge >= 0.3 is 5.97 Å². The lowest BCUT2D eigenvalue weighted by Gasteiger charge is -2.70. The van der Waals surface area contributed by atoms with Gasteiger partial charge in [0.25, 0.3) is 0 Å². The molecule has 0 aromatic heterocycles. The molecule has 3 aliphatic carbocycles. The Morgan fingerprint density at radius 1 is 1.10 bits per heavy atom. The van der Waals surface area contributed by atoms with E-state index in [0.29, 0.717) is 25.8 Å². The monoisotopic (exact) mass is 553 g/mol. The van der Waals surface area contributed by atoms with Gasteiger partial charge in [-0.05, 0) is 50.5 Å². The molecule has 5 aliphatic heterocycles. The van der Waals surface area contributed by atoms with Crippen LogP contribution in [0, 0.1) is 45.8 Å². The molecule has 0 aromatic carbocycles. The van der Waals surface area contributed by atoms with Gasteiger partial charge in [0.1, 0.15) is 11.9 Å². The molecule has 12 atom stereocenters. The molecular weight excluding hydrogens is 514 g/mol. The van der Waals surface area contributed by atoms with Crippen molar-refractivity contribution in [2.45, 2.75) is 83.5 Å². The van der Waals surface area contributed by atoms with E-state index < -0.39 is 45.4 Å². The van der Waals surface area contributed by atoms with Crippen molar-refractivity contribution in [3.8, 4) is 0 Å². The number of carbonyl (C=O) groups is 4. The molecule has 8 aliphatic rings. The van der Waals surface area contributed by atoms with Gasteiger partial charge in [0, 0.05) is 42.2 Å². The third-order valence-corrected chi connectivity index (χ3v) is 13.2. The van der Waals surface area contributed by atoms with Crippen LogP contribution in [0.3, 0.4) is 0 Å². The molecule has 7 fully saturated rings. The molecule has 5 heterocycles. The van der Waals surface area contributed by atoms with Crippen molar-refractivity contribution < 1.29 is 38.1 Å². The van der Waals surface area contributed by atoms with Gasteiger partial charge < -0.3 is 18.9 Å². The van der Waals surface area contributed by atoms with Gasteiger partial charge in [-0.2, -0.15) is 0 Å². The lowest BCUT2D eigenvalue weighted by molar-refractivity contribution is -0.336. The molecule has 0 amide bonds. The first-order chi connectivity index (χ1) is 18.9. The number of ether oxygens (including phenoxy) is 4. The van der Waals surface area contributed by atoms with Crippen molar-refractivity contribution in [3.05, 3.63) is 11.6 Å². The first-order valence-electron chi connectivity index (χ1n) is 15.0. The summed E-state index contributed by atoms with van der Waals surface area (Å²) >= 11 is 0. The summed E-state index contributed by atoms with van der Waals surface area (Å²) in [5.41, 5.74) is -4.34. The highest BCUT2D eigenvalue weighted by atomic mass is 16.6. The van der Waals surface area contributed by atoms with Gasteiger partial charge in [-0.15, -0.1) is 0 Å². The van der Waals surface area contributed by atoms with Crippen LogP contribution < -0.4 is 0 Å². The van der Waals surface area contributed by atoms with Crippen LogP contribution in [0.15, 0.2) is 11.6 Å². The SMILES string of the molecule is COC1C(C)CC2CN3C1(CCC1(C)C4(COC(=O)C4)C4C(=O)C(C)C5C(=O)C=C(C)CC5C45COC31C5=O)O2. The molecule has 4 bridgehead atoms. The van der Waals surface area contributed by atoms with Gasteiger partial charge in [-0.3, -0.25) is 19.2 Å². The van der Waals surface area contributed by atoms with Crippen LogP contribution in [-0.4, -0.2) is 78.7 Å². The molecule has 216 valence electrons. The minimum Gasteiger partial charge on any atom is -0.465 e. The number of cyclic esters (lactones) is 1. The number of ketones is 3. The zero-order valence-electron chi connectivity index (χ0n) is 24.0. The van der Waals surface area contributed by atoms with Crippen molar-refractivity contribution in [1.29, 1.82) is 0 Å². The number of hydrogen-bond donors (Lipinski definition) is 0. The number of carbonyl (C=O) groups excluding carboxylic acids is 4. The Hall–Kier alpha value is -1.94. The van der Waals surface area contributed by atoms with Crippen LogP contribution in [0.1, 0.15) is 59.8 Å². The summed E-state index contributed by atoms with van der Waals surface area (Å²) in [5, 5.41) is 0. The summed E-state index contributed by atoms with van der Waals surface area (Å²) in [5.74, 6) is -2.60. The number of esters is 1. The second-order valence-corrected chi connectivity index (χ2v) is 14.5. The lowest BCUT2D eigenvalue weighted by atomic mass is 9.34. The summed E-state index contributed by atoms with van der Waals surface area (Å²) in [6.07, 6.45) is 3.91. The van der Waals surface area contributed by atoms with E-state index in [-0.39, 0.29) is 67.0 Å². The third kappa shape index (κ3) is 2.39. The summed E-state index contributed by atoms with van der Waals surface area (Å²) in [6.45, 7) is 8.67. The predicted octanol–water partition coefficient (Wildman–Crippen LogP) is 2.45. The first kappa shape index (κ1) is 25.7. The molecule has 2 saturated carbocycles. The van der Waals surface area contributed by atoms with Crippen LogP contribution >= 0.6 is 0 Å². The van der Waals surface area contributed by atoms with E-state index in [0.717, 1.165) is 12.0 Å². The minimum atomic E-state index is -1.41. The van der Waals surface area contributed by atoms with Crippen LogP contribution in [-0.2, 0) is 38.1 Å².